The molecule has 1 amide bonds. The molecule has 2 aromatic carbocycles. The third kappa shape index (κ3) is 5.37. The predicted octanol–water partition coefficient (Wildman–Crippen LogP) is 6.25. The lowest BCUT2D eigenvalue weighted by atomic mass is 9.85. The first-order valence-electron chi connectivity index (χ1n) is 11.4. The number of nitrogens with one attached hydrogen (secondary N) is 1. The Morgan fingerprint density at radius 3 is 2.74 bits per heavy atom. The summed E-state index contributed by atoms with van der Waals surface area (Å²) in [7, 11) is 1.55. The Bertz CT molecular complexity index is 1100. The first-order valence-corrected chi connectivity index (χ1v) is 13.1. The molecule has 8 heteroatoms. The van der Waals surface area contributed by atoms with Crippen LogP contribution in [0.1, 0.15) is 38.2 Å². The molecule has 1 saturated heterocycles. The molecule has 0 bridgehead atoms. The van der Waals surface area contributed by atoms with Gasteiger partial charge in [0.15, 0.2) is 23.6 Å². The van der Waals surface area contributed by atoms with Gasteiger partial charge in [0.2, 0.25) is 0 Å². The Morgan fingerprint density at radius 2 is 2.03 bits per heavy atom. The zero-order valence-electron chi connectivity index (χ0n) is 19.3. The summed E-state index contributed by atoms with van der Waals surface area (Å²) < 4.78 is 11.6. The minimum Gasteiger partial charge on any atom is -0.493 e. The second-order valence-corrected chi connectivity index (χ2v) is 10.5. The summed E-state index contributed by atoms with van der Waals surface area (Å²) in [5, 5.41) is 12.4. The molecule has 2 aromatic rings. The molecule has 34 heavy (non-hydrogen) atoms. The number of hydrogen-bond acceptors (Lipinski definition) is 6. The average Bonchev–Trinajstić information content (AvgIpc) is 3.13. The molecule has 2 fully saturated rings. The number of halogens is 1. The molecule has 1 unspecified atom stereocenters. The predicted molar refractivity (Wildman–Crippen MR) is 139 cm³/mol. The number of ether oxygens (including phenoxy) is 2. The number of thioether (sulfide) groups is 1. The first kappa shape index (κ1) is 24.5. The number of para-hydroxylation sites is 1. The van der Waals surface area contributed by atoms with Crippen molar-refractivity contribution in [1.29, 1.82) is 5.26 Å². The SMILES string of the molecule is COc1cc(/C=C2\SC(Nc3ccccc3)N([C@H]3CCCC[C@@H]3C)C2=O)cc(Br)c1OCC#N. The highest BCUT2D eigenvalue weighted by molar-refractivity contribution is 9.10. The zero-order chi connectivity index (χ0) is 24.1. The second kappa shape index (κ2) is 11.2. The number of methoxy groups -OCH3 is 1. The van der Waals surface area contributed by atoms with Crippen molar-refractivity contribution in [3.63, 3.8) is 0 Å². The number of carbonyl (C=O) groups is 1. The van der Waals surface area contributed by atoms with Crippen molar-refractivity contribution in [3.8, 4) is 17.6 Å². The summed E-state index contributed by atoms with van der Waals surface area (Å²) in [4.78, 5) is 16.4. The largest absolute Gasteiger partial charge is 0.493 e. The van der Waals surface area contributed by atoms with Crippen LogP contribution in [-0.4, -0.2) is 36.1 Å². The first-order chi connectivity index (χ1) is 16.5. The maximum atomic E-state index is 13.7. The van der Waals surface area contributed by atoms with Gasteiger partial charge in [0, 0.05) is 11.7 Å². The number of hydrogen-bond donors (Lipinski definition) is 1. The fraction of sp³-hybridized carbons (Fsp3) is 0.385. The van der Waals surface area contributed by atoms with Crippen molar-refractivity contribution in [2.75, 3.05) is 19.0 Å². The number of rotatable bonds is 7. The van der Waals surface area contributed by atoms with Crippen molar-refractivity contribution in [1.82, 2.24) is 4.90 Å². The summed E-state index contributed by atoms with van der Waals surface area (Å²) in [5.74, 6) is 1.49. The van der Waals surface area contributed by atoms with E-state index in [-0.39, 0.29) is 24.1 Å². The number of carbonyl (C=O) groups excluding carboxylic acids is 1. The van der Waals surface area contributed by atoms with E-state index in [0.717, 1.165) is 30.5 Å². The van der Waals surface area contributed by atoms with Crippen molar-refractivity contribution in [2.45, 2.75) is 44.1 Å². The standard InChI is InChI=1S/C26H28BrN3O3S/c1-17-8-6-7-11-21(17)30-25(31)23(34-26(30)29-19-9-4-3-5-10-19)16-18-14-20(27)24(33-13-12-28)22(15-18)32-2/h3-5,9-10,14-17,21,26,29H,6-8,11,13H2,1-2H3/b23-16-/t17-,21-,26?/m0/s1. The third-order valence-corrected chi connectivity index (χ3v) is 7.96. The molecular formula is C26H28BrN3O3S. The van der Waals surface area contributed by atoms with Crippen LogP contribution in [0.5, 0.6) is 11.5 Å². The minimum atomic E-state index is -0.171. The van der Waals surface area contributed by atoms with Gasteiger partial charge in [0.1, 0.15) is 6.07 Å². The van der Waals surface area contributed by atoms with E-state index in [0.29, 0.717) is 26.8 Å². The molecule has 6 nitrogen and oxygen atoms in total. The quantitative estimate of drug-likeness (QED) is 0.417. The van der Waals surface area contributed by atoms with Gasteiger partial charge < -0.3 is 19.7 Å². The summed E-state index contributed by atoms with van der Waals surface area (Å²) in [6, 6.07) is 15.9. The van der Waals surface area contributed by atoms with Crippen molar-refractivity contribution in [3.05, 3.63) is 57.4 Å². The zero-order valence-corrected chi connectivity index (χ0v) is 21.7. The fourth-order valence-corrected chi connectivity index (χ4v) is 6.37. The summed E-state index contributed by atoms with van der Waals surface area (Å²) >= 11 is 5.06. The van der Waals surface area contributed by atoms with Gasteiger partial charge in [-0.3, -0.25) is 4.79 Å². The fourth-order valence-electron chi connectivity index (χ4n) is 4.59. The smallest absolute Gasteiger partial charge is 0.262 e. The van der Waals surface area contributed by atoms with E-state index in [1.54, 1.807) is 18.9 Å². The van der Waals surface area contributed by atoms with Crippen molar-refractivity contribution < 1.29 is 14.3 Å². The normalized spacial score (nSPS) is 23.6. The number of nitrogens with zero attached hydrogens (tertiary/aromatic N) is 2. The van der Waals surface area contributed by atoms with E-state index < -0.39 is 0 Å². The molecule has 0 radical (unpaired) electrons. The number of benzene rings is 2. The van der Waals surface area contributed by atoms with Gasteiger partial charge in [-0.25, -0.2) is 0 Å². The molecule has 1 aliphatic heterocycles. The van der Waals surface area contributed by atoms with Gasteiger partial charge >= 0.3 is 0 Å². The van der Waals surface area contributed by atoms with Crippen LogP contribution in [0.25, 0.3) is 6.08 Å². The third-order valence-electron chi connectivity index (χ3n) is 6.25. The summed E-state index contributed by atoms with van der Waals surface area (Å²) in [5.41, 5.74) is 1.64. The number of anilines is 1. The molecule has 2 aliphatic rings. The van der Waals surface area contributed by atoms with E-state index in [1.165, 1.54) is 6.42 Å². The van der Waals surface area contributed by atoms with Crippen LogP contribution >= 0.6 is 27.7 Å². The number of nitriles is 1. The van der Waals surface area contributed by atoms with Gasteiger partial charge in [-0.15, -0.1) is 0 Å². The van der Waals surface area contributed by atoms with E-state index >= 15 is 0 Å². The maximum absolute atomic E-state index is 13.7. The van der Waals surface area contributed by atoms with Gasteiger partial charge in [-0.05, 0) is 70.6 Å². The molecule has 178 valence electrons. The highest BCUT2D eigenvalue weighted by Crippen LogP contribution is 2.43. The number of amides is 1. The van der Waals surface area contributed by atoms with Crippen LogP contribution in [0.4, 0.5) is 5.69 Å². The van der Waals surface area contributed by atoms with Crippen molar-refractivity contribution in [2.24, 2.45) is 5.92 Å². The topological polar surface area (TPSA) is 74.6 Å². The van der Waals surface area contributed by atoms with Gasteiger partial charge in [-0.2, -0.15) is 5.26 Å². The van der Waals surface area contributed by atoms with E-state index in [4.69, 9.17) is 14.7 Å². The molecule has 1 heterocycles. The van der Waals surface area contributed by atoms with E-state index in [1.807, 2.05) is 59.5 Å². The Balaban J connectivity index is 1.66. The van der Waals surface area contributed by atoms with Crippen LogP contribution in [0.15, 0.2) is 51.8 Å². The molecule has 1 saturated carbocycles. The minimum absolute atomic E-state index is 0.0528. The lowest BCUT2D eigenvalue weighted by Crippen LogP contribution is -2.48. The summed E-state index contributed by atoms with van der Waals surface area (Å²) in [6.07, 6.45) is 6.44. The molecular weight excluding hydrogens is 514 g/mol. The Labute approximate surface area is 213 Å². The molecule has 0 spiro atoms. The Hall–Kier alpha value is -2.63. The van der Waals surface area contributed by atoms with E-state index in [9.17, 15) is 4.79 Å². The Kier molecular flexibility index (Phi) is 8.07. The monoisotopic (exact) mass is 541 g/mol. The molecule has 4 rings (SSSR count). The van der Waals surface area contributed by atoms with Gasteiger partial charge in [0.05, 0.1) is 16.5 Å². The Morgan fingerprint density at radius 1 is 1.26 bits per heavy atom. The molecule has 0 aromatic heterocycles. The summed E-state index contributed by atoms with van der Waals surface area (Å²) in [6.45, 7) is 2.18. The molecule has 1 N–H and O–H groups in total. The van der Waals surface area contributed by atoms with Crippen LogP contribution in [0.2, 0.25) is 0 Å². The van der Waals surface area contributed by atoms with Crippen LogP contribution in [0.3, 0.4) is 0 Å². The van der Waals surface area contributed by atoms with Gasteiger partial charge in [0.25, 0.3) is 5.91 Å². The van der Waals surface area contributed by atoms with Gasteiger partial charge in [-0.1, -0.05) is 49.7 Å². The highest BCUT2D eigenvalue weighted by Gasteiger charge is 2.42. The maximum Gasteiger partial charge on any atom is 0.262 e. The van der Waals surface area contributed by atoms with Crippen molar-refractivity contribution >= 4 is 45.4 Å². The van der Waals surface area contributed by atoms with Crippen LogP contribution in [-0.2, 0) is 4.79 Å². The average molecular weight is 542 g/mol. The lowest BCUT2D eigenvalue weighted by Gasteiger charge is -2.39. The van der Waals surface area contributed by atoms with Crippen LogP contribution in [0, 0.1) is 17.2 Å². The molecule has 3 atom stereocenters. The second-order valence-electron chi connectivity index (χ2n) is 8.51. The molecule has 1 aliphatic carbocycles. The lowest BCUT2D eigenvalue weighted by molar-refractivity contribution is -0.129. The van der Waals surface area contributed by atoms with Crippen LogP contribution < -0.4 is 14.8 Å². The van der Waals surface area contributed by atoms with E-state index in [2.05, 4.69) is 28.2 Å². The highest BCUT2D eigenvalue weighted by atomic mass is 79.9.